The maximum atomic E-state index is 12.1. The third-order valence-electron chi connectivity index (χ3n) is 2.54. The first kappa shape index (κ1) is 16.6. The molecule has 0 saturated carbocycles. The Morgan fingerprint density at radius 2 is 2.20 bits per heavy atom. The standard InChI is InChI=1S/C12H13BrN2O4S/c1-2-3-11(12(16)17)15-20(18,19)9-5-4-8(7-14)10(13)6-9/h4-6,11,15H,2-3H2,1H3,(H,16,17). The molecule has 2 N–H and O–H groups in total. The Balaban J connectivity index is 3.08. The smallest absolute Gasteiger partial charge is 0.321 e. The molecule has 0 aliphatic rings. The van der Waals surface area contributed by atoms with E-state index in [2.05, 4.69) is 20.7 Å². The van der Waals surface area contributed by atoms with Gasteiger partial charge in [-0.2, -0.15) is 9.98 Å². The van der Waals surface area contributed by atoms with Gasteiger partial charge in [0.2, 0.25) is 10.0 Å². The van der Waals surface area contributed by atoms with Gasteiger partial charge >= 0.3 is 5.97 Å². The number of rotatable bonds is 6. The molecule has 0 fully saturated rings. The average molecular weight is 361 g/mol. The van der Waals surface area contributed by atoms with Crippen LogP contribution < -0.4 is 4.72 Å². The van der Waals surface area contributed by atoms with E-state index in [1.807, 2.05) is 6.07 Å². The van der Waals surface area contributed by atoms with Crippen molar-refractivity contribution in [3.63, 3.8) is 0 Å². The minimum Gasteiger partial charge on any atom is -0.480 e. The molecule has 0 aromatic heterocycles. The zero-order chi connectivity index (χ0) is 15.3. The van der Waals surface area contributed by atoms with E-state index in [9.17, 15) is 13.2 Å². The number of nitrogens with one attached hydrogen (secondary N) is 1. The van der Waals surface area contributed by atoms with Crippen LogP contribution in [-0.2, 0) is 14.8 Å². The number of benzene rings is 1. The van der Waals surface area contributed by atoms with Gasteiger partial charge in [0.15, 0.2) is 0 Å². The lowest BCUT2D eigenvalue weighted by molar-refractivity contribution is -0.139. The van der Waals surface area contributed by atoms with Crippen molar-refractivity contribution in [1.29, 1.82) is 5.26 Å². The van der Waals surface area contributed by atoms with E-state index in [0.717, 1.165) is 0 Å². The van der Waals surface area contributed by atoms with Gasteiger partial charge < -0.3 is 5.11 Å². The van der Waals surface area contributed by atoms with Crippen LogP contribution in [-0.4, -0.2) is 25.5 Å². The molecule has 0 radical (unpaired) electrons. The first-order chi connectivity index (χ1) is 9.31. The Morgan fingerprint density at radius 3 is 2.65 bits per heavy atom. The number of aliphatic carboxylic acids is 1. The number of nitriles is 1. The van der Waals surface area contributed by atoms with Gasteiger partial charge in [0, 0.05) is 4.47 Å². The molecule has 8 heteroatoms. The molecule has 0 bridgehead atoms. The van der Waals surface area contributed by atoms with Crippen LogP contribution in [0.4, 0.5) is 0 Å². The van der Waals surface area contributed by atoms with Gasteiger partial charge in [-0.1, -0.05) is 13.3 Å². The number of sulfonamides is 1. The molecule has 108 valence electrons. The highest BCUT2D eigenvalue weighted by atomic mass is 79.9. The quantitative estimate of drug-likeness (QED) is 0.804. The highest BCUT2D eigenvalue weighted by Gasteiger charge is 2.25. The molecule has 1 aromatic rings. The maximum absolute atomic E-state index is 12.1. The SMILES string of the molecule is CCCC(NS(=O)(=O)c1ccc(C#N)c(Br)c1)C(=O)O. The summed E-state index contributed by atoms with van der Waals surface area (Å²) in [6, 6.07) is 4.62. The number of carboxylic acids is 1. The van der Waals surface area contributed by atoms with Gasteiger partial charge in [0.25, 0.3) is 0 Å². The topological polar surface area (TPSA) is 107 Å². The number of nitrogens with zero attached hydrogens (tertiary/aromatic N) is 1. The zero-order valence-electron chi connectivity index (χ0n) is 10.6. The third-order valence-corrected chi connectivity index (χ3v) is 4.67. The highest BCUT2D eigenvalue weighted by molar-refractivity contribution is 9.10. The molecular formula is C12H13BrN2O4S. The van der Waals surface area contributed by atoms with Crippen LogP contribution in [0.25, 0.3) is 0 Å². The van der Waals surface area contributed by atoms with Crippen molar-refractivity contribution in [2.75, 3.05) is 0 Å². The van der Waals surface area contributed by atoms with E-state index < -0.39 is 22.0 Å². The minimum atomic E-state index is -3.94. The molecule has 0 saturated heterocycles. The summed E-state index contributed by atoms with van der Waals surface area (Å²) in [6.07, 6.45) is 0.739. The van der Waals surface area contributed by atoms with Crippen LogP contribution in [0, 0.1) is 11.3 Å². The highest BCUT2D eigenvalue weighted by Crippen LogP contribution is 2.21. The Morgan fingerprint density at radius 1 is 1.55 bits per heavy atom. The fourth-order valence-corrected chi connectivity index (χ4v) is 3.40. The molecule has 1 aromatic carbocycles. The van der Waals surface area contributed by atoms with Crippen molar-refractivity contribution >= 4 is 31.9 Å². The number of carbonyl (C=O) groups is 1. The van der Waals surface area contributed by atoms with E-state index in [1.165, 1.54) is 18.2 Å². The van der Waals surface area contributed by atoms with Crippen LogP contribution >= 0.6 is 15.9 Å². The van der Waals surface area contributed by atoms with Crippen molar-refractivity contribution in [1.82, 2.24) is 4.72 Å². The second-order valence-corrected chi connectivity index (χ2v) is 6.62. The fourth-order valence-electron chi connectivity index (χ4n) is 1.53. The summed E-state index contributed by atoms with van der Waals surface area (Å²) >= 11 is 3.09. The molecule has 20 heavy (non-hydrogen) atoms. The summed E-state index contributed by atoms with van der Waals surface area (Å²) in [5.74, 6) is -1.22. The lowest BCUT2D eigenvalue weighted by Gasteiger charge is -2.14. The molecule has 0 aliphatic heterocycles. The summed E-state index contributed by atoms with van der Waals surface area (Å²) in [5, 5.41) is 17.7. The Hall–Kier alpha value is -1.43. The molecule has 0 aliphatic carbocycles. The Bertz CT molecular complexity index is 652. The lowest BCUT2D eigenvalue weighted by atomic mass is 10.2. The molecule has 1 unspecified atom stereocenters. The monoisotopic (exact) mass is 360 g/mol. The first-order valence-corrected chi connectivity index (χ1v) is 8.04. The van der Waals surface area contributed by atoms with Crippen molar-refractivity contribution in [3.8, 4) is 6.07 Å². The third kappa shape index (κ3) is 4.03. The van der Waals surface area contributed by atoms with Gasteiger partial charge in [-0.25, -0.2) is 8.42 Å². The van der Waals surface area contributed by atoms with Crippen molar-refractivity contribution in [2.24, 2.45) is 0 Å². The molecular weight excluding hydrogens is 348 g/mol. The van der Waals surface area contributed by atoms with E-state index in [0.29, 0.717) is 16.5 Å². The lowest BCUT2D eigenvalue weighted by Crippen LogP contribution is -2.40. The molecule has 0 amide bonds. The van der Waals surface area contributed by atoms with Crippen LogP contribution in [0.15, 0.2) is 27.6 Å². The summed E-state index contributed by atoms with van der Waals surface area (Å²) in [6.45, 7) is 1.77. The van der Waals surface area contributed by atoms with E-state index in [1.54, 1.807) is 6.92 Å². The molecule has 6 nitrogen and oxygen atoms in total. The Labute approximate surface area is 125 Å². The summed E-state index contributed by atoms with van der Waals surface area (Å²) in [4.78, 5) is 10.9. The maximum Gasteiger partial charge on any atom is 0.321 e. The van der Waals surface area contributed by atoms with Crippen LogP contribution in [0.1, 0.15) is 25.3 Å². The fraction of sp³-hybridized carbons (Fsp3) is 0.333. The molecule has 0 heterocycles. The zero-order valence-corrected chi connectivity index (χ0v) is 13.0. The summed E-state index contributed by atoms with van der Waals surface area (Å²) in [5.41, 5.74) is 0.298. The number of carboxylic acid groups (broad SMARTS) is 1. The van der Waals surface area contributed by atoms with E-state index in [4.69, 9.17) is 10.4 Å². The van der Waals surface area contributed by atoms with Crippen molar-refractivity contribution < 1.29 is 18.3 Å². The summed E-state index contributed by atoms with van der Waals surface area (Å²) < 4.78 is 26.7. The number of hydrogen-bond donors (Lipinski definition) is 2. The molecule has 0 spiro atoms. The average Bonchev–Trinajstić information content (AvgIpc) is 2.37. The number of halogens is 1. The predicted octanol–water partition coefficient (Wildman–Crippen LogP) is 1.85. The molecule has 1 rings (SSSR count). The van der Waals surface area contributed by atoms with Gasteiger partial charge in [-0.05, 0) is 40.5 Å². The van der Waals surface area contributed by atoms with Crippen LogP contribution in [0.3, 0.4) is 0 Å². The van der Waals surface area contributed by atoms with Gasteiger partial charge in [-0.15, -0.1) is 0 Å². The Kier molecular flexibility index (Phi) is 5.68. The van der Waals surface area contributed by atoms with Crippen molar-refractivity contribution in [2.45, 2.75) is 30.7 Å². The molecule has 1 atom stereocenters. The van der Waals surface area contributed by atoms with Crippen LogP contribution in [0.5, 0.6) is 0 Å². The first-order valence-electron chi connectivity index (χ1n) is 5.76. The second-order valence-electron chi connectivity index (χ2n) is 4.05. The second kappa shape index (κ2) is 6.83. The van der Waals surface area contributed by atoms with Gasteiger partial charge in [-0.3, -0.25) is 4.79 Å². The van der Waals surface area contributed by atoms with Crippen molar-refractivity contribution in [3.05, 3.63) is 28.2 Å². The predicted molar refractivity (Wildman–Crippen MR) is 75.5 cm³/mol. The van der Waals surface area contributed by atoms with E-state index >= 15 is 0 Å². The van der Waals surface area contributed by atoms with Gasteiger partial charge in [0.1, 0.15) is 12.1 Å². The summed E-state index contributed by atoms with van der Waals surface area (Å²) in [7, 11) is -3.94. The minimum absolute atomic E-state index is 0.0919. The van der Waals surface area contributed by atoms with Crippen LogP contribution in [0.2, 0.25) is 0 Å². The normalized spacial score (nSPS) is 12.7. The number of hydrogen-bond acceptors (Lipinski definition) is 4. The van der Waals surface area contributed by atoms with E-state index in [-0.39, 0.29) is 11.3 Å². The van der Waals surface area contributed by atoms with Gasteiger partial charge in [0.05, 0.1) is 10.5 Å². The largest absolute Gasteiger partial charge is 0.480 e.